The summed E-state index contributed by atoms with van der Waals surface area (Å²) in [6, 6.07) is 6.73. The molecule has 0 amide bonds. The van der Waals surface area contributed by atoms with Crippen LogP contribution in [0.15, 0.2) is 22.7 Å². The minimum atomic E-state index is 0.536. The standard InChI is InChI=1S/C13H16Br2/c1-9-3-4-11(7-12(9)15)8-13(5-6-13)10(2)14/h3-4,7,10H,5-6,8H2,1-2H3. The van der Waals surface area contributed by atoms with E-state index in [9.17, 15) is 0 Å². The van der Waals surface area contributed by atoms with Gasteiger partial charge in [-0.05, 0) is 48.8 Å². The monoisotopic (exact) mass is 330 g/mol. The number of halogens is 2. The molecule has 1 unspecified atom stereocenters. The van der Waals surface area contributed by atoms with Gasteiger partial charge in [-0.2, -0.15) is 0 Å². The van der Waals surface area contributed by atoms with Crippen molar-refractivity contribution in [1.29, 1.82) is 0 Å². The van der Waals surface area contributed by atoms with E-state index < -0.39 is 0 Å². The zero-order chi connectivity index (χ0) is 11.1. The number of aryl methyl sites for hydroxylation is 1. The summed E-state index contributed by atoms with van der Waals surface area (Å²) in [5.41, 5.74) is 3.31. The molecule has 2 heteroatoms. The molecular formula is C13H16Br2. The minimum absolute atomic E-state index is 0.536. The summed E-state index contributed by atoms with van der Waals surface area (Å²) >= 11 is 7.34. The molecule has 1 saturated carbocycles. The van der Waals surface area contributed by atoms with Crippen molar-refractivity contribution >= 4 is 31.9 Å². The van der Waals surface area contributed by atoms with Gasteiger partial charge in [0.25, 0.3) is 0 Å². The molecule has 1 atom stereocenters. The number of alkyl halides is 1. The molecule has 1 fully saturated rings. The average Bonchev–Trinajstić information content (AvgIpc) is 2.93. The molecule has 0 nitrogen and oxygen atoms in total. The molecular weight excluding hydrogens is 316 g/mol. The maximum atomic E-state index is 3.74. The predicted molar refractivity (Wildman–Crippen MR) is 72.6 cm³/mol. The zero-order valence-corrected chi connectivity index (χ0v) is 12.4. The fourth-order valence-corrected chi connectivity index (χ4v) is 3.07. The second-order valence-corrected chi connectivity index (χ2v) is 6.97. The molecule has 0 aliphatic heterocycles. The van der Waals surface area contributed by atoms with Crippen molar-refractivity contribution in [3.05, 3.63) is 33.8 Å². The first-order valence-electron chi connectivity index (χ1n) is 5.43. The molecule has 0 N–H and O–H groups in total. The largest absolute Gasteiger partial charge is 0.0888 e. The molecule has 0 bridgehead atoms. The van der Waals surface area contributed by atoms with Gasteiger partial charge in [0.2, 0.25) is 0 Å². The van der Waals surface area contributed by atoms with Crippen LogP contribution in [0.3, 0.4) is 0 Å². The molecule has 1 aromatic rings. The lowest BCUT2D eigenvalue weighted by Crippen LogP contribution is -2.15. The smallest absolute Gasteiger partial charge is 0.0207 e. The summed E-state index contributed by atoms with van der Waals surface area (Å²) in [6.07, 6.45) is 3.94. The molecule has 2 rings (SSSR count). The topological polar surface area (TPSA) is 0 Å². The highest BCUT2D eigenvalue weighted by Gasteiger charge is 2.45. The Hall–Kier alpha value is 0.180. The normalized spacial score (nSPS) is 20.0. The Balaban J connectivity index is 2.15. The van der Waals surface area contributed by atoms with Gasteiger partial charge in [-0.3, -0.25) is 0 Å². The summed E-state index contributed by atoms with van der Waals surface area (Å²) in [6.45, 7) is 4.41. The molecule has 1 aliphatic rings. The molecule has 1 aliphatic carbocycles. The van der Waals surface area contributed by atoms with Gasteiger partial charge in [-0.25, -0.2) is 0 Å². The highest BCUT2D eigenvalue weighted by atomic mass is 79.9. The number of hydrogen-bond acceptors (Lipinski definition) is 0. The van der Waals surface area contributed by atoms with Gasteiger partial charge in [-0.15, -0.1) is 0 Å². The lowest BCUT2D eigenvalue weighted by Gasteiger charge is -2.18. The fraction of sp³-hybridized carbons (Fsp3) is 0.538. The van der Waals surface area contributed by atoms with Crippen molar-refractivity contribution in [3.8, 4) is 0 Å². The second kappa shape index (κ2) is 4.21. The Morgan fingerprint density at radius 1 is 1.40 bits per heavy atom. The summed E-state index contributed by atoms with van der Waals surface area (Å²) in [4.78, 5) is 0.630. The van der Waals surface area contributed by atoms with E-state index in [-0.39, 0.29) is 0 Å². The van der Waals surface area contributed by atoms with Gasteiger partial charge in [0, 0.05) is 9.30 Å². The predicted octanol–water partition coefficient (Wildman–Crippen LogP) is 4.86. The van der Waals surface area contributed by atoms with Crippen LogP contribution in [0.25, 0.3) is 0 Å². The van der Waals surface area contributed by atoms with E-state index in [4.69, 9.17) is 0 Å². The number of rotatable bonds is 3. The Morgan fingerprint density at radius 3 is 2.53 bits per heavy atom. The van der Waals surface area contributed by atoms with Crippen LogP contribution in [0.2, 0.25) is 0 Å². The summed E-state index contributed by atoms with van der Waals surface area (Å²) in [5, 5.41) is 0. The van der Waals surface area contributed by atoms with Gasteiger partial charge in [0.05, 0.1) is 0 Å². The molecule has 82 valence electrons. The first-order valence-corrected chi connectivity index (χ1v) is 7.13. The Labute approximate surface area is 109 Å². The van der Waals surface area contributed by atoms with Gasteiger partial charge in [0.15, 0.2) is 0 Å². The quantitative estimate of drug-likeness (QED) is 0.693. The van der Waals surface area contributed by atoms with Gasteiger partial charge < -0.3 is 0 Å². The minimum Gasteiger partial charge on any atom is -0.0888 e. The molecule has 0 saturated heterocycles. The van der Waals surface area contributed by atoms with Gasteiger partial charge in [0.1, 0.15) is 0 Å². The van der Waals surface area contributed by atoms with Crippen molar-refractivity contribution in [2.45, 2.75) is 37.9 Å². The van der Waals surface area contributed by atoms with Crippen LogP contribution in [0.4, 0.5) is 0 Å². The van der Waals surface area contributed by atoms with E-state index in [0.29, 0.717) is 10.2 Å². The SMILES string of the molecule is Cc1ccc(CC2(C(C)Br)CC2)cc1Br. The summed E-state index contributed by atoms with van der Waals surface area (Å²) in [7, 11) is 0. The van der Waals surface area contributed by atoms with Crippen molar-refractivity contribution in [2.75, 3.05) is 0 Å². The Morgan fingerprint density at radius 2 is 2.07 bits per heavy atom. The van der Waals surface area contributed by atoms with Crippen LogP contribution in [-0.2, 0) is 6.42 Å². The Bertz CT molecular complexity index is 365. The Kier molecular flexibility index (Phi) is 3.27. The van der Waals surface area contributed by atoms with E-state index in [0.717, 1.165) is 0 Å². The van der Waals surface area contributed by atoms with E-state index in [2.05, 4.69) is 63.9 Å². The number of benzene rings is 1. The van der Waals surface area contributed by atoms with E-state index in [1.165, 1.54) is 34.9 Å². The zero-order valence-electron chi connectivity index (χ0n) is 9.19. The lowest BCUT2D eigenvalue weighted by molar-refractivity contribution is 0.509. The van der Waals surface area contributed by atoms with Crippen LogP contribution < -0.4 is 0 Å². The summed E-state index contributed by atoms with van der Waals surface area (Å²) in [5.74, 6) is 0. The van der Waals surface area contributed by atoms with Crippen molar-refractivity contribution in [2.24, 2.45) is 5.41 Å². The van der Waals surface area contributed by atoms with Crippen molar-refractivity contribution in [1.82, 2.24) is 0 Å². The average molecular weight is 332 g/mol. The molecule has 15 heavy (non-hydrogen) atoms. The number of hydrogen-bond donors (Lipinski definition) is 0. The third kappa shape index (κ3) is 2.47. The van der Waals surface area contributed by atoms with Crippen LogP contribution in [-0.4, -0.2) is 4.83 Å². The third-order valence-electron chi connectivity index (χ3n) is 3.53. The molecule has 0 heterocycles. The van der Waals surface area contributed by atoms with Crippen molar-refractivity contribution < 1.29 is 0 Å². The van der Waals surface area contributed by atoms with Crippen molar-refractivity contribution in [3.63, 3.8) is 0 Å². The molecule has 1 aromatic carbocycles. The lowest BCUT2D eigenvalue weighted by atomic mass is 9.93. The van der Waals surface area contributed by atoms with E-state index >= 15 is 0 Å². The maximum absolute atomic E-state index is 3.74. The molecule has 0 aromatic heterocycles. The van der Waals surface area contributed by atoms with E-state index in [1.54, 1.807) is 0 Å². The van der Waals surface area contributed by atoms with Crippen LogP contribution in [0.5, 0.6) is 0 Å². The summed E-state index contributed by atoms with van der Waals surface area (Å²) < 4.78 is 1.23. The molecule has 0 radical (unpaired) electrons. The van der Waals surface area contributed by atoms with Crippen LogP contribution in [0.1, 0.15) is 30.9 Å². The van der Waals surface area contributed by atoms with Crippen LogP contribution >= 0.6 is 31.9 Å². The third-order valence-corrected chi connectivity index (χ3v) is 5.35. The van der Waals surface area contributed by atoms with E-state index in [1.807, 2.05) is 0 Å². The fourth-order valence-electron chi connectivity index (χ4n) is 2.03. The van der Waals surface area contributed by atoms with Gasteiger partial charge in [-0.1, -0.05) is 50.9 Å². The van der Waals surface area contributed by atoms with Crippen LogP contribution in [0, 0.1) is 12.3 Å². The highest BCUT2D eigenvalue weighted by molar-refractivity contribution is 9.10. The molecule has 0 spiro atoms. The first kappa shape index (κ1) is 11.7. The highest BCUT2D eigenvalue weighted by Crippen LogP contribution is 2.53. The maximum Gasteiger partial charge on any atom is 0.0207 e. The second-order valence-electron chi connectivity index (χ2n) is 4.74. The van der Waals surface area contributed by atoms with Gasteiger partial charge >= 0.3 is 0 Å². The first-order chi connectivity index (χ1) is 7.03.